The molecular formula is C18H22Cl2Ti. The zero-order valence-electron chi connectivity index (χ0n) is 12.7. The van der Waals surface area contributed by atoms with Gasteiger partial charge in [0.25, 0.3) is 0 Å². The summed E-state index contributed by atoms with van der Waals surface area (Å²) in [5, 5.41) is 2.72. The van der Waals surface area contributed by atoms with Gasteiger partial charge in [0.1, 0.15) is 0 Å². The number of allylic oxidation sites excluding steroid dienone is 4. The van der Waals surface area contributed by atoms with E-state index in [0.717, 1.165) is 6.42 Å². The van der Waals surface area contributed by atoms with Crippen molar-refractivity contribution in [2.75, 3.05) is 0 Å². The number of hydrogen-bond acceptors (Lipinski definition) is 0. The molecule has 0 radical (unpaired) electrons. The number of fused-ring (bicyclic) bond motifs is 1. The molecule has 2 aromatic carbocycles. The molecule has 0 aromatic heterocycles. The second-order valence-corrected chi connectivity index (χ2v) is 6.17. The summed E-state index contributed by atoms with van der Waals surface area (Å²) in [5.41, 5.74) is 1.37. The Morgan fingerprint density at radius 1 is 1.19 bits per heavy atom. The van der Waals surface area contributed by atoms with E-state index >= 15 is 0 Å². The summed E-state index contributed by atoms with van der Waals surface area (Å²) < 4.78 is 1.42. The molecule has 0 fully saturated rings. The molecule has 0 heterocycles. The summed E-state index contributed by atoms with van der Waals surface area (Å²) in [6.07, 6.45) is 10.0. The van der Waals surface area contributed by atoms with Crippen molar-refractivity contribution < 1.29 is 20.0 Å². The molecule has 0 N–H and O–H groups in total. The van der Waals surface area contributed by atoms with Gasteiger partial charge in [0.15, 0.2) is 0 Å². The first-order valence-electron chi connectivity index (χ1n) is 6.46. The van der Waals surface area contributed by atoms with Crippen molar-refractivity contribution in [3.05, 3.63) is 66.3 Å². The fourth-order valence-corrected chi connectivity index (χ4v) is 1.65. The predicted octanol–water partition coefficient (Wildman–Crippen LogP) is 5.76. The fraction of sp³-hybridized carbons (Fsp3) is 0.222. The van der Waals surface area contributed by atoms with E-state index in [2.05, 4.69) is 89.3 Å². The summed E-state index contributed by atoms with van der Waals surface area (Å²) in [6.45, 7) is 6.31. The molecule has 1 aliphatic carbocycles. The average molecular weight is 357 g/mol. The van der Waals surface area contributed by atoms with Crippen molar-refractivity contribution in [3.63, 3.8) is 0 Å². The maximum Gasteiger partial charge on any atom is -0.0809 e. The number of benzene rings is 1. The fourth-order valence-electron chi connectivity index (χ4n) is 1.65. The maximum absolute atomic E-state index is 2.99. The van der Waals surface area contributed by atoms with Crippen LogP contribution in [0.25, 0.3) is 10.8 Å². The summed E-state index contributed by atoms with van der Waals surface area (Å²) in [7, 11) is 0. The Hall–Kier alpha value is -0.526. The van der Waals surface area contributed by atoms with Gasteiger partial charge in [0, 0.05) is 0 Å². The molecule has 21 heavy (non-hydrogen) atoms. The van der Waals surface area contributed by atoms with E-state index in [-0.39, 0.29) is 24.8 Å². The summed E-state index contributed by atoms with van der Waals surface area (Å²) in [5.74, 6) is 0. The Labute approximate surface area is 152 Å². The van der Waals surface area contributed by atoms with Crippen molar-refractivity contribution in [2.24, 2.45) is 0 Å². The maximum atomic E-state index is 2.99. The van der Waals surface area contributed by atoms with Gasteiger partial charge in [-0.05, 0) is 0 Å². The first-order valence-corrected chi connectivity index (χ1v) is 7.24. The van der Waals surface area contributed by atoms with Gasteiger partial charge in [-0.15, -0.1) is 66.3 Å². The van der Waals surface area contributed by atoms with E-state index < -0.39 is 0 Å². The minimum atomic E-state index is 0. The molecule has 0 nitrogen and oxygen atoms in total. The van der Waals surface area contributed by atoms with Crippen molar-refractivity contribution in [1.82, 2.24) is 0 Å². The van der Waals surface area contributed by atoms with Gasteiger partial charge in [0.05, 0.1) is 0 Å². The molecule has 1 aliphatic rings. The van der Waals surface area contributed by atoms with Crippen molar-refractivity contribution in [1.29, 1.82) is 0 Å². The van der Waals surface area contributed by atoms with E-state index in [9.17, 15) is 0 Å². The molecule has 0 atom stereocenters. The zero-order valence-corrected chi connectivity index (χ0v) is 15.9. The smallest absolute Gasteiger partial charge is 0.0809 e. The quantitative estimate of drug-likeness (QED) is 0.415. The first kappa shape index (κ1) is 22.8. The van der Waals surface area contributed by atoms with E-state index in [4.69, 9.17) is 0 Å². The number of hydrogen-bond donors (Lipinski definition) is 0. The summed E-state index contributed by atoms with van der Waals surface area (Å²) in [4.78, 5) is 0. The normalized spacial score (nSPS) is 10.5. The van der Waals surface area contributed by atoms with Crippen LogP contribution in [0, 0.1) is 13.0 Å². The first-order chi connectivity index (χ1) is 9.11. The average Bonchev–Trinajstić information content (AvgIpc) is 3.03. The second-order valence-electron chi connectivity index (χ2n) is 4.61. The van der Waals surface area contributed by atoms with Crippen LogP contribution in [0.1, 0.15) is 25.8 Å². The Morgan fingerprint density at radius 3 is 2.24 bits per heavy atom. The van der Waals surface area contributed by atoms with Crippen LogP contribution >= 0.6 is 24.8 Å². The van der Waals surface area contributed by atoms with Gasteiger partial charge in [-0.2, -0.15) is 17.7 Å². The van der Waals surface area contributed by atoms with E-state index in [1.807, 2.05) is 12.2 Å². The van der Waals surface area contributed by atoms with Crippen LogP contribution in [0.4, 0.5) is 0 Å². The van der Waals surface area contributed by atoms with Gasteiger partial charge >= 0.3 is 37.6 Å². The third kappa shape index (κ3) is 9.93. The number of rotatable bonds is 0. The number of halogens is 2. The van der Waals surface area contributed by atoms with E-state index in [1.165, 1.54) is 20.1 Å². The van der Waals surface area contributed by atoms with Crippen LogP contribution < -0.4 is 0 Å². The molecule has 0 unspecified atom stereocenters. The van der Waals surface area contributed by atoms with E-state index in [1.54, 1.807) is 0 Å². The monoisotopic (exact) mass is 356 g/mol. The molecule has 0 amide bonds. The molecule has 2 aromatic rings. The van der Waals surface area contributed by atoms with Crippen molar-refractivity contribution >= 4 is 39.4 Å². The molecular weight excluding hydrogens is 335 g/mol. The van der Waals surface area contributed by atoms with Gasteiger partial charge in [-0.3, -0.25) is 6.08 Å². The molecule has 0 bridgehead atoms. The number of aryl methyl sites for hydroxylation is 1. The molecule has 0 saturated heterocycles. The molecule has 3 heteroatoms. The minimum Gasteiger partial charge on any atom is -0.273 e. The standard InChI is InChI=1S/C10H9.C5H5.C3H6.2ClH.Ti/c1-8-6-7-9-4-2-3-5-10(8)9;1-2-4-5-3-1;1-3-2;;;/h2-7H,1H3;1-3H,4H2;1-2H3;2*1H;/q2*-1;;;;+2. The van der Waals surface area contributed by atoms with Gasteiger partial charge in [-0.1, -0.05) is 13.0 Å². The van der Waals surface area contributed by atoms with Crippen LogP contribution in [0.3, 0.4) is 0 Å². The molecule has 0 saturated carbocycles. The van der Waals surface area contributed by atoms with Crippen LogP contribution in [0.5, 0.6) is 0 Å². The largest absolute Gasteiger partial charge is 0.273 e. The Balaban J connectivity index is 0. The van der Waals surface area contributed by atoms with Crippen molar-refractivity contribution in [2.45, 2.75) is 27.2 Å². The Bertz CT molecular complexity index is 566. The predicted molar refractivity (Wildman–Crippen MR) is 96.7 cm³/mol. The van der Waals surface area contributed by atoms with Crippen LogP contribution in [0.15, 0.2) is 54.6 Å². The summed E-state index contributed by atoms with van der Waals surface area (Å²) in [6, 6.07) is 12.8. The van der Waals surface area contributed by atoms with Crippen molar-refractivity contribution in [3.8, 4) is 0 Å². The topological polar surface area (TPSA) is 0 Å². The zero-order chi connectivity index (χ0) is 14.1. The van der Waals surface area contributed by atoms with Crippen LogP contribution in [0.2, 0.25) is 0 Å². The van der Waals surface area contributed by atoms with Gasteiger partial charge in [-0.25, -0.2) is 12.2 Å². The Morgan fingerprint density at radius 2 is 1.81 bits per heavy atom. The van der Waals surface area contributed by atoms with E-state index in [0.29, 0.717) is 0 Å². The molecule has 3 rings (SSSR count). The second kappa shape index (κ2) is 13.2. The SMILES string of the molecule is C[C](C)=[Ti+2].Cc1c[cH-]c2ccccc12.Cl.Cl.[C-]1=CC=CC1. The van der Waals surface area contributed by atoms with Crippen LogP contribution in [-0.2, 0) is 20.0 Å². The minimum absolute atomic E-state index is 0. The van der Waals surface area contributed by atoms with Gasteiger partial charge < -0.3 is 0 Å². The third-order valence-corrected chi connectivity index (χ3v) is 2.48. The Kier molecular flexibility index (Phi) is 14.3. The van der Waals surface area contributed by atoms with Gasteiger partial charge in [0.2, 0.25) is 0 Å². The third-order valence-electron chi connectivity index (χ3n) is 2.48. The molecule has 0 aliphatic heterocycles. The molecule has 112 valence electrons. The molecule has 0 spiro atoms. The summed E-state index contributed by atoms with van der Waals surface area (Å²) >= 11 is 2.08. The van der Waals surface area contributed by atoms with Crippen LogP contribution in [-0.4, -0.2) is 3.81 Å².